The summed E-state index contributed by atoms with van der Waals surface area (Å²) in [7, 11) is 0. The largest absolute Gasteiger partial charge is 0.207 e. The lowest BCUT2D eigenvalue weighted by Gasteiger charge is -2.32. The summed E-state index contributed by atoms with van der Waals surface area (Å²) in [4.78, 5) is 0. The molecule has 1 aromatic carbocycles. The molecule has 0 spiro atoms. The van der Waals surface area contributed by atoms with Crippen LogP contribution in [0, 0.1) is 17.1 Å². The second-order valence-corrected chi connectivity index (χ2v) is 6.53. The van der Waals surface area contributed by atoms with Crippen LogP contribution in [0.15, 0.2) is 12.1 Å². The number of nitriles is 1. The minimum Gasteiger partial charge on any atom is -0.207 e. The minimum absolute atomic E-state index is 0.0696. The second-order valence-electron chi connectivity index (χ2n) is 6.53. The third-order valence-electron chi connectivity index (χ3n) is 5.63. The molecule has 0 aliphatic carbocycles. The monoisotopic (exact) mass is 289 g/mol. The summed E-state index contributed by atoms with van der Waals surface area (Å²) < 4.78 is 14.8. The smallest absolute Gasteiger partial charge is 0.128 e. The molecule has 0 unspecified atom stereocenters. The molecule has 116 valence electrons. The maximum atomic E-state index is 14.8. The van der Waals surface area contributed by atoms with E-state index in [0.717, 1.165) is 31.2 Å². The van der Waals surface area contributed by atoms with Gasteiger partial charge in [0.25, 0.3) is 0 Å². The summed E-state index contributed by atoms with van der Waals surface area (Å²) in [5.74, 6) is -0.219. The van der Waals surface area contributed by atoms with E-state index in [2.05, 4.69) is 40.7 Å². The molecule has 0 atom stereocenters. The van der Waals surface area contributed by atoms with Gasteiger partial charge in [0.15, 0.2) is 0 Å². The van der Waals surface area contributed by atoms with Gasteiger partial charge in [0.1, 0.15) is 5.82 Å². The Morgan fingerprint density at radius 3 is 1.81 bits per heavy atom. The van der Waals surface area contributed by atoms with Gasteiger partial charge in [0.2, 0.25) is 0 Å². The van der Waals surface area contributed by atoms with Gasteiger partial charge in [0.05, 0.1) is 11.6 Å². The van der Waals surface area contributed by atoms with Crippen molar-refractivity contribution in [2.24, 2.45) is 0 Å². The lowest BCUT2D eigenvalue weighted by atomic mass is 9.72. The zero-order valence-corrected chi connectivity index (χ0v) is 14.3. The van der Waals surface area contributed by atoms with Crippen molar-refractivity contribution in [3.05, 3.63) is 34.6 Å². The molecular formula is C19H28FN. The summed E-state index contributed by atoms with van der Waals surface area (Å²) >= 11 is 0. The maximum absolute atomic E-state index is 14.8. The average Bonchev–Trinajstić information content (AvgIpc) is 2.52. The summed E-state index contributed by atoms with van der Waals surface area (Å²) in [6, 6.07) is 5.80. The first-order valence-corrected chi connectivity index (χ1v) is 8.06. The van der Waals surface area contributed by atoms with Crippen molar-refractivity contribution in [1.82, 2.24) is 0 Å². The molecule has 0 aliphatic heterocycles. The first-order valence-electron chi connectivity index (χ1n) is 8.06. The van der Waals surface area contributed by atoms with Crippen molar-refractivity contribution >= 4 is 0 Å². The molecule has 0 N–H and O–H groups in total. The summed E-state index contributed by atoms with van der Waals surface area (Å²) in [6.07, 6.45) is 3.53. The number of nitrogens with zero attached hydrogens (tertiary/aromatic N) is 1. The van der Waals surface area contributed by atoms with E-state index in [1.165, 1.54) is 0 Å². The molecule has 1 rings (SSSR count). The molecule has 0 fully saturated rings. The maximum Gasteiger partial charge on any atom is 0.128 e. The highest BCUT2D eigenvalue weighted by atomic mass is 19.1. The predicted octanol–water partition coefficient (Wildman–Crippen LogP) is 5.85. The lowest BCUT2D eigenvalue weighted by Crippen LogP contribution is -2.25. The van der Waals surface area contributed by atoms with Gasteiger partial charge in [0, 0.05) is 5.56 Å². The van der Waals surface area contributed by atoms with E-state index in [4.69, 9.17) is 0 Å². The number of halogens is 1. The van der Waals surface area contributed by atoms with E-state index < -0.39 is 0 Å². The Bertz CT molecular complexity index is 531. The zero-order chi connectivity index (χ0) is 16.3. The molecule has 0 heterocycles. The molecule has 0 saturated carbocycles. The Kier molecular flexibility index (Phi) is 5.56. The Labute approximate surface area is 129 Å². The van der Waals surface area contributed by atoms with E-state index in [1.807, 2.05) is 13.0 Å². The first kappa shape index (κ1) is 17.7. The summed E-state index contributed by atoms with van der Waals surface area (Å²) in [6.45, 7) is 12.5. The van der Waals surface area contributed by atoms with E-state index in [-0.39, 0.29) is 16.6 Å². The van der Waals surface area contributed by atoms with Crippen molar-refractivity contribution in [3.8, 4) is 6.07 Å². The van der Waals surface area contributed by atoms with Crippen molar-refractivity contribution in [1.29, 1.82) is 5.26 Å². The standard InChI is InChI=1S/C19H28FN/c1-7-18(5,8-2)15-11-14(13-21)17(16(20)12-15)19(6,9-3)10-4/h11-12H,7-10H2,1-6H3. The molecule has 0 amide bonds. The third-order valence-corrected chi connectivity index (χ3v) is 5.63. The van der Waals surface area contributed by atoms with Crippen LogP contribution in [-0.2, 0) is 10.8 Å². The predicted molar refractivity (Wildman–Crippen MR) is 87.0 cm³/mol. The number of rotatable bonds is 6. The molecule has 0 bridgehead atoms. The second kappa shape index (κ2) is 6.60. The molecule has 1 nitrogen and oxygen atoms in total. The Morgan fingerprint density at radius 2 is 1.43 bits per heavy atom. The number of benzene rings is 1. The molecule has 0 radical (unpaired) electrons. The van der Waals surface area contributed by atoms with Gasteiger partial charge in [-0.2, -0.15) is 5.26 Å². The van der Waals surface area contributed by atoms with Crippen LogP contribution in [0.2, 0.25) is 0 Å². The van der Waals surface area contributed by atoms with Crippen LogP contribution in [0.4, 0.5) is 4.39 Å². The lowest BCUT2D eigenvalue weighted by molar-refractivity contribution is 0.406. The number of hydrogen-bond acceptors (Lipinski definition) is 1. The van der Waals surface area contributed by atoms with Gasteiger partial charge in [-0.05, 0) is 54.2 Å². The molecular weight excluding hydrogens is 261 g/mol. The fraction of sp³-hybridized carbons (Fsp3) is 0.632. The third kappa shape index (κ3) is 3.12. The molecule has 0 aromatic heterocycles. The molecule has 21 heavy (non-hydrogen) atoms. The normalized spacial score (nSPS) is 12.3. The van der Waals surface area contributed by atoms with Crippen LogP contribution in [0.1, 0.15) is 83.9 Å². The van der Waals surface area contributed by atoms with Crippen LogP contribution in [0.5, 0.6) is 0 Å². The van der Waals surface area contributed by atoms with Crippen LogP contribution in [-0.4, -0.2) is 0 Å². The molecule has 0 saturated heterocycles. The van der Waals surface area contributed by atoms with Crippen LogP contribution in [0.25, 0.3) is 0 Å². The highest BCUT2D eigenvalue weighted by Crippen LogP contribution is 2.39. The van der Waals surface area contributed by atoms with E-state index in [0.29, 0.717) is 11.1 Å². The van der Waals surface area contributed by atoms with Crippen molar-refractivity contribution in [3.63, 3.8) is 0 Å². The van der Waals surface area contributed by atoms with Gasteiger partial charge in [-0.1, -0.05) is 41.5 Å². The van der Waals surface area contributed by atoms with Crippen LogP contribution in [0.3, 0.4) is 0 Å². The topological polar surface area (TPSA) is 23.8 Å². The van der Waals surface area contributed by atoms with Crippen molar-refractivity contribution < 1.29 is 4.39 Å². The molecule has 1 aromatic rings. The average molecular weight is 289 g/mol. The fourth-order valence-corrected chi connectivity index (χ4v) is 2.92. The quantitative estimate of drug-likeness (QED) is 0.644. The van der Waals surface area contributed by atoms with Crippen LogP contribution >= 0.6 is 0 Å². The van der Waals surface area contributed by atoms with Crippen molar-refractivity contribution in [2.45, 2.75) is 78.1 Å². The minimum atomic E-state index is -0.275. The van der Waals surface area contributed by atoms with Gasteiger partial charge in [-0.3, -0.25) is 0 Å². The van der Waals surface area contributed by atoms with Gasteiger partial charge in [-0.25, -0.2) is 4.39 Å². The van der Waals surface area contributed by atoms with Crippen LogP contribution < -0.4 is 0 Å². The van der Waals surface area contributed by atoms with Gasteiger partial charge >= 0.3 is 0 Å². The van der Waals surface area contributed by atoms with Gasteiger partial charge in [-0.15, -0.1) is 0 Å². The first-order chi connectivity index (χ1) is 9.81. The molecule has 0 aliphatic rings. The summed E-state index contributed by atoms with van der Waals surface area (Å²) in [5, 5.41) is 9.52. The van der Waals surface area contributed by atoms with E-state index in [9.17, 15) is 9.65 Å². The Hall–Kier alpha value is -1.36. The van der Waals surface area contributed by atoms with Gasteiger partial charge < -0.3 is 0 Å². The van der Waals surface area contributed by atoms with E-state index >= 15 is 0 Å². The zero-order valence-electron chi connectivity index (χ0n) is 14.3. The highest BCUT2D eigenvalue weighted by molar-refractivity contribution is 5.47. The fourth-order valence-electron chi connectivity index (χ4n) is 2.92. The van der Waals surface area contributed by atoms with E-state index in [1.54, 1.807) is 6.07 Å². The van der Waals surface area contributed by atoms with Crippen molar-refractivity contribution in [2.75, 3.05) is 0 Å². The Balaban J connectivity index is 3.58. The SMILES string of the molecule is CCC(C)(CC)c1cc(F)c(C(C)(CC)CC)c(C#N)c1. The number of hydrogen-bond donors (Lipinski definition) is 0. The summed E-state index contributed by atoms with van der Waals surface area (Å²) in [5.41, 5.74) is 1.69. The Morgan fingerprint density at radius 1 is 0.952 bits per heavy atom. The highest BCUT2D eigenvalue weighted by Gasteiger charge is 2.32. The molecule has 2 heteroatoms.